The summed E-state index contributed by atoms with van der Waals surface area (Å²) in [7, 11) is -1.69. The van der Waals surface area contributed by atoms with Crippen molar-refractivity contribution in [3.8, 4) is 17.1 Å². The third-order valence-electron chi connectivity index (χ3n) is 6.94. The summed E-state index contributed by atoms with van der Waals surface area (Å²) < 4.78 is 38.3. The molecule has 174 valence electrons. The predicted octanol–water partition coefficient (Wildman–Crippen LogP) is 4.54. The van der Waals surface area contributed by atoms with E-state index in [9.17, 15) is 8.42 Å². The molecule has 0 N–H and O–H groups in total. The summed E-state index contributed by atoms with van der Waals surface area (Å²) in [6.07, 6.45) is 3.09. The molecule has 3 aromatic rings. The number of hydrogen-bond acceptors (Lipinski definition) is 6. The molecule has 5 rings (SSSR count). The van der Waals surface area contributed by atoms with Gasteiger partial charge in [0.1, 0.15) is 5.75 Å². The first kappa shape index (κ1) is 22.4. The molecule has 2 heterocycles. The molecule has 9 heteroatoms. The van der Waals surface area contributed by atoms with Crippen LogP contribution < -0.4 is 4.74 Å². The molecule has 1 saturated carbocycles. The van der Waals surface area contributed by atoms with Gasteiger partial charge in [-0.1, -0.05) is 47.1 Å². The fourth-order valence-corrected chi connectivity index (χ4v) is 6.48. The number of aromatic nitrogens is 2. The van der Waals surface area contributed by atoms with Gasteiger partial charge in [-0.05, 0) is 54.9 Å². The van der Waals surface area contributed by atoms with Crippen molar-refractivity contribution in [2.45, 2.75) is 31.6 Å². The zero-order chi connectivity index (χ0) is 23.1. The van der Waals surface area contributed by atoms with E-state index < -0.39 is 10.0 Å². The minimum atomic E-state index is -3.27. The Morgan fingerprint density at radius 1 is 1.18 bits per heavy atom. The smallest absolute Gasteiger partial charge is 0.230 e. The Morgan fingerprint density at radius 2 is 1.94 bits per heavy atom. The molecular weight excluding hydrogens is 462 g/mol. The molecule has 1 unspecified atom stereocenters. The maximum atomic E-state index is 12.9. The third-order valence-corrected chi connectivity index (χ3v) is 9.04. The highest BCUT2D eigenvalue weighted by molar-refractivity contribution is 7.89. The summed E-state index contributed by atoms with van der Waals surface area (Å²) in [4.78, 5) is 4.62. The summed E-state index contributed by atoms with van der Waals surface area (Å²) in [5, 5.41) is 4.72. The second-order valence-corrected chi connectivity index (χ2v) is 11.4. The van der Waals surface area contributed by atoms with Gasteiger partial charge in [-0.3, -0.25) is 0 Å². The maximum Gasteiger partial charge on any atom is 0.230 e. The van der Waals surface area contributed by atoms with Crippen LogP contribution in [-0.4, -0.2) is 48.8 Å². The molecule has 33 heavy (non-hydrogen) atoms. The highest BCUT2D eigenvalue weighted by Gasteiger charge is 2.59. The number of sulfonamides is 1. The molecule has 1 spiro atoms. The number of aryl methyl sites for hydroxylation is 1. The summed E-state index contributed by atoms with van der Waals surface area (Å²) >= 11 is 6.13. The number of piperidine rings is 1. The standard InChI is InChI=1S/C24H26ClN3O4S/c1-31-21-8-7-18(25)15-19(21)22-26-23(32-27-22)20-16-24(20)10-12-28(13-11-24)33(29,30)14-9-17-5-3-2-4-6-17/h2-8,15,20H,9-14,16H2,1H3. The lowest BCUT2D eigenvalue weighted by atomic mass is 9.92. The Bertz CT molecular complexity index is 1240. The fraction of sp³-hybridized carbons (Fsp3) is 0.417. The minimum Gasteiger partial charge on any atom is -0.496 e. The van der Waals surface area contributed by atoms with Crippen molar-refractivity contribution in [2.24, 2.45) is 5.41 Å². The quantitative estimate of drug-likeness (QED) is 0.486. The fourth-order valence-electron chi connectivity index (χ4n) is 4.82. The number of ether oxygens (including phenoxy) is 1. The van der Waals surface area contributed by atoms with Crippen molar-refractivity contribution in [3.63, 3.8) is 0 Å². The molecule has 1 atom stereocenters. The Morgan fingerprint density at radius 3 is 2.67 bits per heavy atom. The van der Waals surface area contributed by atoms with Crippen LogP contribution in [0.25, 0.3) is 11.4 Å². The summed E-state index contributed by atoms with van der Waals surface area (Å²) in [6, 6.07) is 15.0. The second kappa shape index (κ2) is 8.74. The number of methoxy groups -OCH3 is 1. The van der Waals surface area contributed by atoms with Crippen LogP contribution in [0.4, 0.5) is 0 Å². The van der Waals surface area contributed by atoms with Crippen LogP contribution in [0, 0.1) is 5.41 Å². The highest BCUT2D eigenvalue weighted by Crippen LogP contribution is 2.64. The molecule has 1 aliphatic carbocycles. The Balaban J connectivity index is 1.22. The molecule has 1 aliphatic heterocycles. The van der Waals surface area contributed by atoms with Crippen molar-refractivity contribution in [1.82, 2.24) is 14.4 Å². The van der Waals surface area contributed by atoms with Crippen LogP contribution >= 0.6 is 11.6 Å². The first-order valence-electron chi connectivity index (χ1n) is 11.1. The molecule has 7 nitrogen and oxygen atoms in total. The Hall–Kier alpha value is -2.42. The van der Waals surface area contributed by atoms with Gasteiger partial charge in [0, 0.05) is 24.0 Å². The SMILES string of the molecule is COc1ccc(Cl)cc1-c1noc(C2CC23CCN(S(=O)(=O)CCc2ccccc2)CC3)n1. The molecule has 0 bridgehead atoms. The Kier molecular flexibility index (Phi) is 5.93. The lowest BCUT2D eigenvalue weighted by Crippen LogP contribution is -2.41. The third kappa shape index (κ3) is 4.52. The van der Waals surface area contributed by atoms with Gasteiger partial charge in [0.25, 0.3) is 0 Å². The number of halogens is 1. The van der Waals surface area contributed by atoms with E-state index in [4.69, 9.17) is 20.9 Å². The number of rotatable bonds is 7. The van der Waals surface area contributed by atoms with Crippen LogP contribution in [0.5, 0.6) is 5.75 Å². The molecule has 2 aromatic carbocycles. The average Bonchev–Trinajstić information content (AvgIpc) is 3.28. The van der Waals surface area contributed by atoms with Crippen LogP contribution in [0.3, 0.4) is 0 Å². The largest absolute Gasteiger partial charge is 0.496 e. The van der Waals surface area contributed by atoms with Gasteiger partial charge in [0.15, 0.2) is 0 Å². The normalized spacial score (nSPS) is 20.1. The highest BCUT2D eigenvalue weighted by atomic mass is 35.5. The number of nitrogens with zero attached hydrogens (tertiary/aromatic N) is 3. The lowest BCUT2D eigenvalue weighted by Gasteiger charge is -2.31. The first-order chi connectivity index (χ1) is 15.9. The van der Waals surface area contributed by atoms with Crippen LogP contribution in [0.1, 0.15) is 36.6 Å². The molecular formula is C24H26ClN3O4S. The zero-order valence-corrected chi connectivity index (χ0v) is 20.0. The Labute approximate surface area is 198 Å². The van der Waals surface area contributed by atoms with E-state index in [2.05, 4.69) is 10.1 Å². The molecule has 2 aliphatic rings. The van der Waals surface area contributed by atoms with Crippen LogP contribution in [0.15, 0.2) is 53.1 Å². The van der Waals surface area contributed by atoms with Crippen molar-refractivity contribution in [2.75, 3.05) is 26.0 Å². The molecule has 2 fully saturated rings. The van der Waals surface area contributed by atoms with Gasteiger partial charge in [0.05, 0.1) is 18.4 Å². The molecule has 0 amide bonds. The predicted molar refractivity (Wildman–Crippen MR) is 126 cm³/mol. The zero-order valence-electron chi connectivity index (χ0n) is 18.4. The van der Waals surface area contributed by atoms with Gasteiger partial charge < -0.3 is 9.26 Å². The van der Waals surface area contributed by atoms with E-state index in [1.807, 2.05) is 30.3 Å². The summed E-state index contributed by atoms with van der Waals surface area (Å²) in [5.41, 5.74) is 1.78. The van der Waals surface area contributed by atoms with Gasteiger partial charge >= 0.3 is 0 Å². The van der Waals surface area contributed by atoms with Crippen molar-refractivity contribution in [1.29, 1.82) is 0 Å². The molecule has 1 saturated heterocycles. The van der Waals surface area contributed by atoms with Crippen molar-refractivity contribution >= 4 is 21.6 Å². The van der Waals surface area contributed by atoms with Gasteiger partial charge in [-0.25, -0.2) is 12.7 Å². The van der Waals surface area contributed by atoms with Crippen LogP contribution in [-0.2, 0) is 16.4 Å². The lowest BCUT2D eigenvalue weighted by molar-refractivity contribution is 0.242. The maximum absolute atomic E-state index is 12.9. The summed E-state index contributed by atoms with van der Waals surface area (Å²) in [6.45, 7) is 1.08. The van der Waals surface area contributed by atoms with Crippen molar-refractivity contribution in [3.05, 3.63) is 65.0 Å². The minimum absolute atomic E-state index is 0.0493. The monoisotopic (exact) mass is 487 g/mol. The van der Waals surface area contributed by atoms with E-state index in [0.29, 0.717) is 47.6 Å². The second-order valence-electron chi connectivity index (χ2n) is 8.87. The number of hydrogen-bond donors (Lipinski definition) is 0. The summed E-state index contributed by atoms with van der Waals surface area (Å²) in [5.74, 6) is 1.99. The van der Waals surface area contributed by atoms with Crippen molar-refractivity contribution < 1.29 is 17.7 Å². The van der Waals surface area contributed by atoms with E-state index in [1.165, 1.54) is 0 Å². The average molecular weight is 488 g/mol. The van der Waals surface area contributed by atoms with E-state index >= 15 is 0 Å². The number of benzene rings is 2. The van der Waals surface area contributed by atoms with Gasteiger partial charge in [0.2, 0.25) is 21.7 Å². The van der Waals surface area contributed by atoms with E-state index in [1.54, 1.807) is 29.6 Å². The molecule has 0 radical (unpaired) electrons. The van der Waals surface area contributed by atoms with E-state index in [-0.39, 0.29) is 17.1 Å². The van der Waals surface area contributed by atoms with E-state index in [0.717, 1.165) is 24.8 Å². The van der Waals surface area contributed by atoms with Crippen LogP contribution in [0.2, 0.25) is 5.02 Å². The van der Waals surface area contributed by atoms with Gasteiger partial charge in [-0.2, -0.15) is 4.98 Å². The van der Waals surface area contributed by atoms with Gasteiger partial charge in [-0.15, -0.1) is 0 Å². The first-order valence-corrected chi connectivity index (χ1v) is 13.1. The molecule has 1 aromatic heterocycles. The topological polar surface area (TPSA) is 85.5 Å².